The van der Waals surface area contributed by atoms with Crippen LogP contribution in [0.5, 0.6) is 0 Å². The van der Waals surface area contributed by atoms with Gasteiger partial charge in [0.2, 0.25) is 4.73 Å². The van der Waals surface area contributed by atoms with Gasteiger partial charge in [-0.1, -0.05) is 59.8 Å². The molecule has 1 fully saturated rings. The number of thioether (sulfide) groups is 1. The molecule has 1 aliphatic rings. The second kappa shape index (κ2) is 11.2. The van der Waals surface area contributed by atoms with E-state index >= 15 is 0 Å². The van der Waals surface area contributed by atoms with Crippen LogP contribution in [0.3, 0.4) is 0 Å². The van der Waals surface area contributed by atoms with Crippen molar-refractivity contribution in [2.24, 2.45) is 4.99 Å². The van der Waals surface area contributed by atoms with Gasteiger partial charge in [-0.05, 0) is 75.3 Å². The Morgan fingerprint density at radius 1 is 1.11 bits per heavy atom. The van der Waals surface area contributed by atoms with Gasteiger partial charge in [0.05, 0.1) is 22.4 Å². The number of carboxylic acids is 1. The molecule has 3 aromatic carbocycles. The minimum Gasteiger partial charge on any atom is -0.861 e. The fraction of sp³-hybridized carbons (Fsp3) is 0.167. The van der Waals surface area contributed by atoms with Crippen LogP contribution in [0.2, 0.25) is 5.02 Å². The van der Waals surface area contributed by atoms with E-state index in [0.717, 1.165) is 11.1 Å². The van der Waals surface area contributed by atoms with Gasteiger partial charge in [0.25, 0.3) is 0 Å². The summed E-state index contributed by atoms with van der Waals surface area (Å²) in [7, 11) is 0. The van der Waals surface area contributed by atoms with E-state index in [1.165, 1.54) is 53.8 Å². The third kappa shape index (κ3) is 5.70. The Morgan fingerprint density at radius 3 is 2.54 bits per heavy atom. The van der Waals surface area contributed by atoms with Gasteiger partial charge in [-0.25, -0.2) is 0 Å². The Morgan fingerprint density at radius 2 is 1.86 bits per heavy atom. The number of rotatable bonds is 7. The maximum Gasteiger partial charge on any atom is 2.00 e. The quantitative estimate of drug-likeness (QED) is 0.139. The molecule has 0 bridgehead atoms. The molecule has 5 rings (SSSR count). The van der Waals surface area contributed by atoms with E-state index in [9.17, 15) is 15.0 Å². The molecule has 0 saturated heterocycles. The van der Waals surface area contributed by atoms with Gasteiger partial charge in [0, 0.05) is 11.1 Å². The summed E-state index contributed by atoms with van der Waals surface area (Å²) in [6, 6.07) is 16.4. The van der Waals surface area contributed by atoms with Crippen molar-refractivity contribution in [3.05, 3.63) is 75.5 Å². The van der Waals surface area contributed by atoms with Crippen LogP contribution in [0, 0.1) is 0 Å². The molecule has 172 valence electrons. The van der Waals surface area contributed by atoms with Crippen molar-refractivity contribution >= 4 is 105 Å². The molecule has 1 heterocycles. The normalized spacial score (nSPS) is 13.6. The molecule has 0 aliphatic heterocycles. The standard InChI is InChI=1S/C24H18BrClN4O3S.Ca/c25-23-28-29-24(34-12-21(31)27-19-9-7-14(22(32)33)11-18(19)26)30(23)20-10-8-15(13-5-6-13)16-3-1-2-4-17(16)20;/h1-4,7-11,13H,5-6,12H2,(H,27,31)(H,32,33);/q;+2/p-2. The number of carboxylic acid groups (broad SMARTS) is 1. The average Bonchev–Trinajstić information content (AvgIpc) is 3.61. The molecule has 0 unspecified atom stereocenters. The third-order valence-corrected chi connectivity index (χ3v) is 7.27. The number of aliphatic imine (C=N–C) groups is 1. The minimum absolute atomic E-state index is 0. The first-order valence-corrected chi connectivity index (χ1v) is 12.6. The minimum atomic E-state index is -1.35. The Balaban J connectivity index is 0.00000289. The van der Waals surface area contributed by atoms with E-state index in [-0.39, 0.29) is 59.8 Å². The number of hydrogen-bond acceptors (Lipinski definition) is 7. The van der Waals surface area contributed by atoms with Crippen LogP contribution in [0.4, 0.5) is 5.69 Å². The molecule has 1 saturated carbocycles. The first-order chi connectivity index (χ1) is 16.4. The Kier molecular flexibility index (Phi) is 8.45. The molecular weight excluding hydrogens is 580 g/mol. The maximum atomic E-state index is 12.5. The SMILES string of the molecule is O=C([O-])c1ccc(N=C([O-])CSc2nnc(Br)n2-c2ccc(C3CC3)c3ccccc23)c(Cl)c1.[Ca+2]. The number of benzene rings is 3. The number of fused-ring (bicyclic) bond motifs is 1. The van der Waals surface area contributed by atoms with E-state index in [1.54, 1.807) is 0 Å². The van der Waals surface area contributed by atoms with Crippen molar-refractivity contribution in [2.75, 3.05) is 5.75 Å². The van der Waals surface area contributed by atoms with Crippen LogP contribution < -0.4 is 10.2 Å². The van der Waals surface area contributed by atoms with Crippen molar-refractivity contribution in [2.45, 2.75) is 23.9 Å². The smallest absolute Gasteiger partial charge is 0.861 e. The van der Waals surface area contributed by atoms with Crippen molar-refractivity contribution < 1.29 is 15.0 Å². The van der Waals surface area contributed by atoms with Gasteiger partial charge in [-0.2, -0.15) is 0 Å². The number of aromatic carboxylic acids is 1. The maximum absolute atomic E-state index is 12.5. The predicted molar refractivity (Wildman–Crippen MR) is 138 cm³/mol. The van der Waals surface area contributed by atoms with Crippen molar-refractivity contribution in [1.29, 1.82) is 0 Å². The molecule has 7 nitrogen and oxygen atoms in total. The fourth-order valence-corrected chi connectivity index (χ4v) is 5.33. The summed E-state index contributed by atoms with van der Waals surface area (Å²) in [4.78, 5) is 14.9. The summed E-state index contributed by atoms with van der Waals surface area (Å²) >= 11 is 10.8. The van der Waals surface area contributed by atoms with E-state index in [4.69, 9.17) is 11.6 Å². The monoisotopic (exact) mass is 594 g/mol. The molecule has 0 amide bonds. The number of hydrogen-bond donors (Lipinski definition) is 0. The molecule has 0 spiro atoms. The van der Waals surface area contributed by atoms with Gasteiger partial charge < -0.3 is 15.0 Å². The number of nitrogens with zero attached hydrogens (tertiary/aromatic N) is 4. The van der Waals surface area contributed by atoms with E-state index in [1.807, 2.05) is 16.7 Å². The number of aromatic nitrogens is 3. The zero-order valence-corrected chi connectivity index (χ0v) is 23.6. The first-order valence-electron chi connectivity index (χ1n) is 10.4. The van der Waals surface area contributed by atoms with Crippen LogP contribution in [0.25, 0.3) is 16.5 Å². The Labute approximate surface area is 248 Å². The largest absolute Gasteiger partial charge is 2.00 e. The molecule has 0 N–H and O–H groups in total. The molecule has 4 aromatic rings. The zero-order valence-electron chi connectivity index (χ0n) is 18.3. The molecule has 1 aromatic heterocycles. The zero-order chi connectivity index (χ0) is 23.8. The van der Waals surface area contributed by atoms with Gasteiger partial charge in [-0.3, -0.25) is 9.56 Å². The Hall–Kier alpha value is -1.62. The van der Waals surface area contributed by atoms with Gasteiger partial charge in [0.15, 0.2) is 5.16 Å². The summed E-state index contributed by atoms with van der Waals surface area (Å²) in [5.74, 6) is -1.17. The van der Waals surface area contributed by atoms with E-state index < -0.39 is 11.9 Å². The molecule has 35 heavy (non-hydrogen) atoms. The summed E-state index contributed by atoms with van der Waals surface area (Å²) in [5, 5.41) is 34.7. The van der Waals surface area contributed by atoms with Crippen LogP contribution in [-0.4, -0.2) is 70.1 Å². The molecular formula is C24H16BrCaClN4O3S. The van der Waals surface area contributed by atoms with Crippen LogP contribution in [0.1, 0.15) is 34.7 Å². The van der Waals surface area contributed by atoms with Gasteiger partial charge in [0.1, 0.15) is 0 Å². The van der Waals surface area contributed by atoms with E-state index in [2.05, 4.69) is 55.4 Å². The van der Waals surface area contributed by atoms with Gasteiger partial charge >= 0.3 is 37.7 Å². The number of halogens is 2. The van der Waals surface area contributed by atoms with Crippen molar-refractivity contribution in [3.8, 4) is 5.69 Å². The summed E-state index contributed by atoms with van der Waals surface area (Å²) < 4.78 is 2.41. The van der Waals surface area contributed by atoms with Crippen molar-refractivity contribution in [3.63, 3.8) is 0 Å². The molecule has 11 heteroatoms. The van der Waals surface area contributed by atoms with Crippen LogP contribution >= 0.6 is 39.3 Å². The van der Waals surface area contributed by atoms with E-state index in [0.29, 0.717) is 15.8 Å². The van der Waals surface area contributed by atoms with Gasteiger partial charge in [-0.15, -0.1) is 10.2 Å². The fourth-order valence-electron chi connectivity index (χ4n) is 3.82. The average molecular weight is 596 g/mol. The summed E-state index contributed by atoms with van der Waals surface area (Å²) in [5.41, 5.74) is 2.39. The second-order valence-corrected chi connectivity index (χ2v) is 9.89. The first kappa shape index (κ1) is 26.4. The molecule has 1 aliphatic carbocycles. The van der Waals surface area contributed by atoms with Crippen LogP contribution in [-0.2, 0) is 0 Å². The third-order valence-electron chi connectivity index (χ3n) is 5.54. The second-order valence-electron chi connectivity index (χ2n) is 7.83. The molecule has 0 atom stereocenters. The molecule has 0 radical (unpaired) electrons. The number of carbonyl (C=O) groups excluding carboxylic acids is 1. The summed E-state index contributed by atoms with van der Waals surface area (Å²) in [6.45, 7) is 0. The predicted octanol–water partition coefficient (Wildman–Crippen LogP) is 3.88. The topological polar surface area (TPSA) is 106 Å². The van der Waals surface area contributed by atoms with Crippen molar-refractivity contribution in [1.82, 2.24) is 14.8 Å². The Bertz CT molecular complexity index is 1460. The number of carbonyl (C=O) groups is 1. The summed E-state index contributed by atoms with van der Waals surface area (Å²) in [6.07, 6.45) is 2.43. The van der Waals surface area contributed by atoms with Crippen LogP contribution in [0.15, 0.2) is 69.5 Å².